The van der Waals surface area contributed by atoms with Crippen molar-refractivity contribution in [2.75, 3.05) is 6.54 Å². The zero-order chi connectivity index (χ0) is 12.2. The smallest absolute Gasteiger partial charge is 0.264 e. The normalized spacial score (nSPS) is 11.1. The molecule has 6 nitrogen and oxygen atoms in total. The Balaban J connectivity index is 2.66. The molecule has 88 valence electrons. The van der Waals surface area contributed by atoms with Crippen LogP contribution in [0.4, 0.5) is 0 Å². The summed E-state index contributed by atoms with van der Waals surface area (Å²) < 4.78 is 23.0. The molecule has 0 aliphatic carbocycles. The lowest BCUT2D eigenvalue weighted by Gasteiger charge is -2.01. The first-order valence-corrected chi connectivity index (χ1v) is 6.59. The second kappa shape index (κ2) is 5.13. The van der Waals surface area contributed by atoms with Gasteiger partial charge in [-0.1, -0.05) is 6.08 Å². The molecule has 0 spiro atoms. The average Bonchev–Trinajstić information content (AvgIpc) is 2.62. The second-order valence-corrected chi connectivity index (χ2v) is 5.47. The highest BCUT2D eigenvalue weighted by Crippen LogP contribution is 2.12. The highest BCUT2D eigenvalue weighted by atomic mass is 35.7. The Morgan fingerprint density at radius 1 is 1.69 bits per heavy atom. The molecule has 0 atom stereocenters. The number of nitrogens with one attached hydrogen (secondary N) is 1. The molecule has 0 bridgehead atoms. The van der Waals surface area contributed by atoms with E-state index in [-0.39, 0.29) is 17.3 Å². The fraction of sp³-hybridized carbons (Fsp3) is 0.250. The minimum atomic E-state index is -3.79. The van der Waals surface area contributed by atoms with E-state index >= 15 is 0 Å². The number of amides is 1. The van der Waals surface area contributed by atoms with Gasteiger partial charge >= 0.3 is 0 Å². The van der Waals surface area contributed by atoms with E-state index in [9.17, 15) is 13.2 Å². The molecular weight excluding hydrogens is 254 g/mol. The summed E-state index contributed by atoms with van der Waals surface area (Å²) in [6.07, 6.45) is 3.81. The van der Waals surface area contributed by atoms with Crippen LogP contribution < -0.4 is 5.32 Å². The van der Waals surface area contributed by atoms with Crippen LogP contribution in [0.1, 0.15) is 0 Å². The molecule has 1 aromatic rings. The van der Waals surface area contributed by atoms with E-state index < -0.39 is 9.05 Å². The zero-order valence-corrected chi connectivity index (χ0v) is 9.83. The van der Waals surface area contributed by atoms with Gasteiger partial charge in [0, 0.05) is 23.4 Å². The molecule has 1 rings (SSSR count). The minimum absolute atomic E-state index is 0.0692. The van der Waals surface area contributed by atoms with Gasteiger partial charge in [-0.3, -0.25) is 9.48 Å². The number of carbonyl (C=O) groups is 1. The molecule has 0 radical (unpaired) electrons. The van der Waals surface area contributed by atoms with Gasteiger partial charge in [-0.2, -0.15) is 5.10 Å². The summed E-state index contributed by atoms with van der Waals surface area (Å²) in [5, 5.41) is 6.23. The van der Waals surface area contributed by atoms with E-state index in [1.165, 1.54) is 17.0 Å². The molecule has 16 heavy (non-hydrogen) atoms. The molecule has 1 amide bonds. The molecule has 0 aliphatic heterocycles. The summed E-state index contributed by atoms with van der Waals surface area (Å²) in [5.74, 6) is -0.290. The van der Waals surface area contributed by atoms with Crippen molar-refractivity contribution in [1.29, 1.82) is 0 Å². The summed E-state index contributed by atoms with van der Waals surface area (Å²) in [7, 11) is 1.30. The third-order valence-corrected chi connectivity index (χ3v) is 2.95. The fourth-order valence-corrected chi connectivity index (χ4v) is 1.61. The van der Waals surface area contributed by atoms with Crippen molar-refractivity contribution < 1.29 is 13.2 Å². The van der Waals surface area contributed by atoms with Crippen LogP contribution in [0.2, 0.25) is 0 Å². The Labute approximate surface area is 97.3 Å². The average molecular weight is 264 g/mol. The molecule has 0 unspecified atom stereocenters. The Bertz CT molecular complexity index is 494. The van der Waals surface area contributed by atoms with E-state index in [1.54, 1.807) is 0 Å². The molecule has 0 saturated heterocycles. The maximum absolute atomic E-state index is 11.2. The molecule has 1 aromatic heterocycles. The Hall–Kier alpha value is -1.34. The van der Waals surface area contributed by atoms with Crippen molar-refractivity contribution in [3.8, 4) is 0 Å². The van der Waals surface area contributed by atoms with Gasteiger partial charge in [0.1, 0.15) is 11.4 Å². The van der Waals surface area contributed by atoms with E-state index in [2.05, 4.69) is 17.0 Å². The standard InChI is InChI=1S/C8H10ClN3O3S/c1-2-3-10-8(13)6-12-5-7(4-11-12)16(9,14)15/h2,4-5H,1,3,6H2,(H,10,13). The first kappa shape index (κ1) is 12.7. The van der Waals surface area contributed by atoms with Crippen LogP contribution in [0.15, 0.2) is 29.9 Å². The molecule has 1 N–H and O–H groups in total. The van der Waals surface area contributed by atoms with Crippen LogP contribution in [0, 0.1) is 0 Å². The Morgan fingerprint density at radius 2 is 2.38 bits per heavy atom. The highest BCUT2D eigenvalue weighted by molar-refractivity contribution is 8.13. The first-order chi connectivity index (χ1) is 7.43. The van der Waals surface area contributed by atoms with Crippen LogP contribution in [-0.2, 0) is 20.4 Å². The molecule has 0 aromatic carbocycles. The quantitative estimate of drug-likeness (QED) is 0.604. The van der Waals surface area contributed by atoms with Crippen molar-refractivity contribution in [2.45, 2.75) is 11.4 Å². The number of hydrogen-bond donors (Lipinski definition) is 1. The maximum Gasteiger partial charge on any atom is 0.264 e. The molecule has 0 fully saturated rings. The Kier molecular flexibility index (Phi) is 4.08. The van der Waals surface area contributed by atoms with E-state index in [0.717, 1.165) is 6.20 Å². The lowest BCUT2D eigenvalue weighted by Crippen LogP contribution is -2.27. The summed E-state index contributed by atoms with van der Waals surface area (Å²) in [6, 6.07) is 0. The summed E-state index contributed by atoms with van der Waals surface area (Å²) in [4.78, 5) is 11.1. The van der Waals surface area contributed by atoms with Crippen molar-refractivity contribution in [3.63, 3.8) is 0 Å². The number of halogens is 1. The van der Waals surface area contributed by atoms with Crippen LogP contribution in [0.5, 0.6) is 0 Å². The number of carbonyl (C=O) groups excluding carboxylic acids is 1. The monoisotopic (exact) mass is 263 g/mol. The lowest BCUT2D eigenvalue weighted by molar-refractivity contribution is -0.121. The fourth-order valence-electron chi connectivity index (χ4n) is 0.946. The molecule has 0 aliphatic rings. The van der Waals surface area contributed by atoms with Gasteiger partial charge in [0.2, 0.25) is 5.91 Å². The van der Waals surface area contributed by atoms with Crippen LogP contribution in [0.25, 0.3) is 0 Å². The molecular formula is C8H10ClN3O3S. The summed E-state index contributed by atoms with van der Waals surface area (Å²) in [6.45, 7) is 3.72. The third kappa shape index (κ3) is 3.67. The number of hydrogen-bond acceptors (Lipinski definition) is 4. The van der Waals surface area contributed by atoms with Gasteiger partial charge in [-0.25, -0.2) is 8.42 Å². The number of nitrogens with zero attached hydrogens (tertiary/aromatic N) is 2. The highest BCUT2D eigenvalue weighted by Gasteiger charge is 2.13. The predicted molar refractivity (Wildman–Crippen MR) is 58.5 cm³/mol. The predicted octanol–water partition coefficient (Wildman–Crippen LogP) is 0.113. The second-order valence-electron chi connectivity index (χ2n) is 2.90. The minimum Gasteiger partial charge on any atom is -0.351 e. The van der Waals surface area contributed by atoms with Gasteiger partial charge in [-0.15, -0.1) is 6.58 Å². The van der Waals surface area contributed by atoms with Crippen molar-refractivity contribution >= 4 is 25.6 Å². The van der Waals surface area contributed by atoms with E-state index in [0.29, 0.717) is 6.54 Å². The van der Waals surface area contributed by atoms with Crippen LogP contribution >= 0.6 is 10.7 Å². The number of aromatic nitrogens is 2. The topological polar surface area (TPSA) is 81.1 Å². The van der Waals surface area contributed by atoms with E-state index in [4.69, 9.17) is 10.7 Å². The first-order valence-electron chi connectivity index (χ1n) is 4.28. The Morgan fingerprint density at radius 3 is 2.88 bits per heavy atom. The lowest BCUT2D eigenvalue weighted by atomic mass is 10.5. The van der Waals surface area contributed by atoms with Crippen LogP contribution in [0.3, 0.4) is 0 Å². The van der Waals surface area contributed by atoms with Gasteiger partial charge in [0.15, 0.2) is 0 Å². The third-order valence-electron chi connectivity index (χ3n) is 1.64. The molecule has 0 saturated carbocycles. The SMILES string of the molecule is C=CCNC(=O)Cn1cc(S(=O)(=O)Cl)cn1. The van der Waals surface area contributed by atoms with Gasteiger partial charge in [0.05, 0.1) is 6.20 Å². The van der Waals surface area contributed by atoms with Gasteiger partial charge < -0.3 is 5.32 Å². The van der Waals surface area contributed by atoms with Gasteiger partial charge in [-0.05, 0) is 0 Å². The summed E-state index contributed by atoms with van der Waals surface area (Å²) in [5.41, 5.74) is 0. The molecule has 8 heteroatoms. The van der Waals surface area contributed by atoms with Crippen molar-refractivity contribution in [3.05, 3.63) is 25.0 Å². The van der Waals surface area contributed by atoms with Crippen molar-refractivity contribution in [2.24, 2.45) is 0 Å². The molecule has 1 heterocycles. The maximum atomic E-state index is 11.2. The largest absolute Gasteiger partial charge is 0.351 e. The van der Waals surface area contributed by atoms with Crippen LogP contribution in [-0.4, -0.2) is 30.7 Å². The van der Waals surface area contributed by atoms with Crippen molar-refractivity contribution in [1.82, 2.24) is 15.1 Å². The van der Waals surface area contributed by atoms with E-state index in [1.807, 2.05) is 0 Å². The zero-order valence-electron chi connectivity index (χ0n) is 8.26. The summed E-state index contributed by atoms with van der Waals surface area (Å²) >= 11 is 0. The number of rotatable bonds is 5. The van der Waals surface area contributed by atoms with Gasteiger partial charge in [0.25, 0.3) is 9.05 Å².